The fourth-order valence-corrected chi connectivity index (χ4v) is 1.57. The summed E-state index contributed by atoms with van der Waals surface area (Å²) >= 11 is 0. The first kappa shape index (κ1) is 10.1. The third-order valence-electron chi connectivity index (χ3n) is 2.63. The van der Waals surface area contributed by atoms with Crippen LogP contribution in [0, 0.1) is 11.7 Å². The number of hydrogen-bond acceptors (Lipinski definition) is 2. The number of ketones is 1. The van der Waals surface area contributed by atoms with Gasteiger partial charge in [0, 0.05) is 12.3 Å². The quantitative estimate of drug-likeness (QED) is 0.759. The molecule has 1 saturated carbocycles. The Morgan fingerprint density at radius 1 is 1.53 bits per heavy atom. The van der Waals surface area contributed by atoms with Gasteiger partial charge in [-0.3, -0.25) is 4.79 Å². The van der Waals surface area contributed by atoms with Gasteiger partial charge < -0.3 is 4.74 Å². The largest absolute Gasteiger partial charge is 0.494 e. The normalized spacial score (nSPS) is 15.1. The van der Waals surface area contributed by atoms with Gasteiger partial charge in [-0.1, -0.05) is 6.07 Å². The minimum atomic E-state index is -0.404. The number of rotatable bonds is 4. The molecule has 0 radical (unpaired) electrons. The molecule has 0 N–H and O–H groups in total. The van der Waals surface area contributed by atoms with Gasteiger partial charge in [0.25, 0.3) is 0 Å². The van der Waals surface area contributed by atoms with Gasteiger partial charge in [0.1, 0.15) is 5.78 Å². The van der Waals surface area contributed by atoms with Crippen molar-refractivity contribution in [1.29, 1.82) is 0 Å². The molecule has 0 saturated heterocycles. The van der Waals surface area contributed by atoms with Crippen LogP contribution in [0.5, 0.6) is 5.75 Å². The second-order valence-electron chi connectivity index (χ2n) is 3.89. The average molecular weight is 208 g/mol. The van der Waals surface area contributed by atoms with E-state index in [9.17, 15) is 9.18 Å². The molecule has 0 aliphatic heterocycles. The van der Waals surface area contributed by atoms with Crippen molar-refractivity contribution in [2.75, 3.05) is 7.11 Å². The highest BCUT2D eigenvalue weighted by atomic mass is 19.1. The van der Waals surface area contributed by atoms with Crippen molar-refractivity contribution in [2.24, 2.45) is 5.92 Å². The van der Waals surface area contributed by atoms with Gasteiger partial charge in [-0.2, -0.15) is 0 Å². The number of Topliss-reactive ketones (excluding diaryl/α,β-unsaturated/α-hetero) is 1. The molecule has 0 bridgehead atoms. The van der Waals surface area contributed by atoms with Crippen LogP contribution in [0.3, 0.4) is 0 Å². The topological polar surface area (TPSA) is 26.3 Å². The molecule has 2 nitrogen and oxygen atoms in total. The van der Waals surface area contributed by atoms with E-state index in [1.54, 1.807) is 12.1 Å². The molecule has 1 aliphatic rings. The molecule has 3 heteroatoms. The zero-order chi connectivity index (χ0) is 10.8. The predicted molar refractivity (Wildman–Crippen MR) is 54.4 cm³/mol. The molecule has 1 fully saturated rings. The lowest BCUT2D eigenvalue weighted by atomic mass is 10.1. The van der Waals surface area contributed by atoms with E-state index in [1.807, 2.05) is 0 Å². The lowest BCUT2D eigenvalue weighted by Crippen LogP contribution is -2.05. The Morgan fingerprint density at radius 3 is 2.80 bits per heavy atom. The third kappa shape index (κ3) is 2.35. The highest BCUT2D eigenvalue weighted by Crippen LogP contribution is 2.31. The lowest BCUT2D eigenvalue weighted by molar-refractivity contribution is -0.119. The van der Waals surface area contributed by atoms with Crippen LogP contribution in [0.1, 0.15) is 18.4 Å². The molecule has 0 aromatic heterocycles. The van der Waals surface area contributed by atoms with Crippen LogP contribution in [-0.2, 0) is 11.2 Å². The molecular formula is C12H13FO2. The number of benzene rings is 1. The zero-order valence-electron chi connectivity index (χ0n) is 8.63. The molecule has 0 unspecified atom stereocenters. The second kappa shape index (κ2) is 4.01. The van der Waals surface area contributed by atoms with E-state index in [1.165, 1.54) is 13.2 Å². The van der Waals surface area contributed by atoms with Gasteiger partial charge in [-0.15, -0.1) is 0 Å². The first-order chi connectivity index (χ1) is 7.20. The predicted octanol–water partition coefficient (Wildman–Crippen LogP) is 2.36. The third-order valence-corrected chi connectivity index (χ3v) is 2.63. The van der Waals surface area contributed by atoms with Crippen LogP contribution in [-0.4, -0.2) is 12.9 Å². The minimum Gasteiger partial charge on any atom is -0.494 e. The molecule has 15 heavy (non-hydrogen) atoms. The molecule has 1 aliphatic carbocycles. The number of halogens is 1. The van der Waals surface area contributed by atoms with E-state index in [0.717, 1.165) is 18.4 Å². The number of ether oxygens (including phenoxy) is 1. The molecular weight excluding hydrogens is 195 g/mol. The van der Waals surface area contributed by atoms with Crippen molar-refractivity contribution < 1.29 is 13.9 Å². The van der Waals surface area contributed by atoms with Crippen molar-refractivity contribution in [3.63, 3.8) is 0 Å². The summed E-state index contributed by atoms with van der Waals surface area (Å²) in [6.45, 7) is 0. The van der Waals surface area contributed by atoms with E-state index >= 15 is 0 Å². The van der Waals surface area contributed by atoms with Crippen LogP contribution in [0.15, 0.2) is 18.2 Å². The van der Waals surface area contributed by atoms with Crippen LogP contribution in [0.25, 0.3) is 0 Å². The summed E-state index contributed by atoms with van der Waals surface area (Å²) in [6.07, 6.45) is 2.33. The Balaban J connectivity index is 2.08. The SMILES string of the molecule is COc1ccc(CC(=O)C2CC2)cc1F. The molecule has 0 atom stereocenters. The van der Waals surface area contributed by atoms with E-state index in [4.69, 9.17) is 4.74 Å². The molecule has 0 spiro atoms. The summed E-state index contributed by atoms with van der Waals surface area (Å²) < 4.78 is 18.1. The van der Waals surface area contributed by atoms with Crippen molar-refractivity contribution >= 4 is 5.78 Å². The van der Waals surface area contributed by atoms with Gasteiger partial charge in [0.2, 0.25) is 0 Å². The maximum Gasteiger partial charge on any atom is 0.165 e. The van der Waals surface area contributed by atoms with Crippen LogP contribution in [0.2, 0.25) is 0 Å². The molecule has 1 aromatic rings. The Hall–Kier alpha value is -1.38. The number of carbonyl (C=O) groups is 1. The summed E-state index contributed by atoms with van der Waals surface area (Å²) in [5, 5.41) is 0. The molecule has 2 rings (SSSR count). The zero-order valence-corrected chi connectivity index (χ0v) is 8.63. The minimum absolute atomic E-state index is 0.220. The maximum atomic E-state index is 13.3. The highest BCUT2D eigenvalue weighted by molar-refractivity contribution is 5.85. The Labute approximate surface area is 88.1 Å². The van der Waals surface area contributed by atoms with Gasteiger partial charge >= 0.3 is 0 Å². The first-order valence-electron chi connectivity index (χ1n) is 5.06. The van der Waals surface area contributed by atoms with Crippen LogP contribution >= 0.6 is 0 Å². The standard InChI is InChI=1S/C12H13FO2/c1-15-12-5-2-8(6-10(12)13)7-11(14)9-3-4-9/h2,5-6,9H,3-4,7H2,1H3. The number of carbonyl (C=O) groups excluding carboxylic acids is 1. The summed E-state index contributed by atoms with van der Waals surface area (Å²) in [4.78, 5) is 11.5. The molecule has 1 aromatic carbocycles. The van der Waals surface area contributed by atoms with Crippen molar-refractivity contribution in [2.45, 2.75) is 19.3 Å². The van der Waals surface area contributed by atoms with Gasteiger partial charge in [-0.25, -0.2) is 4.39 Å². The first-order valence-corrected chi connectivity index (χ1v) is 5.06. The van der Waals surface area contributed by atoms with Crippen LogP contribution in [0.4, 0.5) is 4.39 Å². The Bertz CT molecular complexity index is 383. The summed E-state index contributed by atoms with van der Waals surface area (Å²) in [5.41, 5.74) is 0.727. The van der Waals surface area contributed by atoms with E-state index < -0.39 is 5.82 Å². The summed E-state index contributed by atoms with van der Waals surface area (Å²) in [7, 11) is 1.42. The highest BCUT2D eigenvalue weighted by Gasteiger charge is 2.29. The van der Waals surface area contributed by atoms with Gasteiger partial charge in [-0.05, 0) is 30.5 Å². The van der Waals surface area contributed by atoms with Crippen LogP contribution < -0.4 is 4.74 Å². The molecule has 0 heterocycles. The smallest absolute Gasteiger partial charge is 0.165 e. The monoisotopic (exact) mass is 208 g/mol. The molecule has 80 valence electrons. The number of methoxy groups -OCH3 is 1. The van der Waals surface area contributed by atoms with E-state index in [2.05, 4.69) is 0 Å². The number of hydrogen-bond donors (Lipinski definition) is 0. The van der Waals surface area contributed by atoms with E-state index in [-0.39, 0.29) is 17.5 Å². The van der Waals surface area contributed by atoms with Crippen molar-refractivity contribution in [3.8, 4) is 5.75 Å². The fraction of sp³-hybridized carbons (Fsp3) is 0.417. The Morgan fingerprint density at radius 2 is 2.27 bits per heavy atom. The summed E-state index contributed by atoms with van der Waals surface area (Å²) in [6, 6.07) is 4.67. The second-order valence-corrected chi connectivity index (χ2v) is 3.89. The van der Waals surface area contributed by atoms with Crippen molar-refractivity contribution in [3.05, 3.63) is 29.6 Å². The maximum absolute atomic E-state index is 13.3. The van der Waals surface area contributed by atoms with Gasteiger partial charge in [0.15, 0.2) is 11.6 Å². The van der Waals surface area contributed by atoms with Gasteiger partial charge in [0.05, 0.1) is 7.11 Å². The lowest BCUT2D eigenvalue weighted by Gasteiger charge is -2.04. The van der Waals surface area contributed by atoms with E-state index in [0.29, 0.717) is 6.42 Å². The molecule has 0 amide bonds. The average Bonchev–Trinajstić information content (AvgIpc) is 3.01. The van der Waals surface area contributed by atoms with Crippen molar-refractivity contribution in [1.82, 2.24) is 0 Å². The Kier molecular flexibility index (Phi) is 2.71. The summed E-state index contributed by atoms with van der Waals surface area (Å²) in [5.74, 6) is 0.269. The fourth-order valence-electron chi connectivity index (χ4n) is 1.57.